The van der Waals surface area contributed by atoms with Gasteiger partial charge in [0.05, 0.1) is 12.2 Å². The van der Waals surface area contributed by atoms with Crippen molar-refractivity contribution >= 4 is 39.8 Å². The number of hydrogen-bond donors (Lipinski definition) is 1. The van der Waals surface area contributed by atoms with E-state index in [0.717, 1.165) is 4.88 Å². The maximum atomic E-state index is 12.2. The number of carbonyl (C=O) groups excluding carboxylic acids is 2. The molecule has 0 radical (unpaired) electrons. The number of hydrogen-bond acceptors (Lipinski definition) is 5. The number of carbonyl (C=O) groups is 2. The molecule has 1 heterocycles. The van der Waals surface area contributed by atoms with Gasteiger partial charge in [-0.1, -0.05) is 25.4 Å². The van der Waals surface area contributed by atoms with Crippen molar-refractivity contribution in [2.24, 2.45) is 0 Å². The van der Waals surface area contributed by atoms with Crippen LogP contribution >= 0.6 is 22.9 Å². The summed E-state index contributed by atoms with van der Waals surface area (Å²) in [7, 11) is 0. The largest absolute Gasteiger partial charge is 0.484 e. The second-order valence-electron chi connectivity index (χ2n) is 5.56. The average Bonchev–Trinajstić information content (AvgIpc) is 2.99. The summed E-state index contributed by atoms with van der Waals surface area (Å²) in [5, 5.41) is 3.81. The highest BCUT2D eigenvalue weighted by Crippen LogP contribution is 2.33. The minimum Gasteiger partial charge on any atom is -0.484 e. The van der Waals surface area contributed by atoms with Gasteiger partial charge in [-0.05, 0) is 43.2 Å². The SMILES string of the molecule is CCOC(=O)c1cc(C(C)C)sc1NC(=O)COc1ccc(Cl)cc1. The second kappa shape index (κ2) is 8.87. The number of nitrogens with one attached hydrogen (secondary N) is 1. The molecule has 0 bridgehead atoms. The van der Waals surface area contributed by atoms with E-state index in [9.17, 15) is 9.59 Å². The maximum absolute atomic E-state index is 12.2. The molecular weight excluding hydrogens is 362 g/mol. The average molecular weight is 382 g/mol. The van der Waals surface area contributed by atoms with Crippen LogP contribution in [-0.4, -0.2) is 25.1 Å². The van der Waals surface area contributed by atoms with E-state index in [0.29, 0.717) is 21.3 Å². The summed E-state index contributed by atoms with van der Waals surface area (Å²) >= 11 is 7.17. The summed E-state index contributed by atoms with van der Waals surface area (Å²) in [6.07, 6.45) is 0. The lowest BCUT2D eigenvalue weighted by Gasteiger charge is -2.08. The highest BCUT2D eigenvalue weighted by atomic mass is 35.5. The molecule has 1 aromatic carbocycles. The van der Waals surface area contributed by atoms with Gasteiger partial charge in [-0.15, -0.1) is 11.3 Å². The van der Waals surface area contributed by atoms with E-state index < -0.39 is 5.97 Å². The number of anilines is 1. The van der Waals surface area contributed by atoms with Gasteiger partial charge >= 0.3 is 5.97 Å². The number of ether oxygens (including phenoxy) is 2. The molecular formula is C18H20ClNO4S. The van der Waals surface area contributed by atoms with Gasteiger partial charge in [0.25, 0.3) is 5.91 Å². The Hall–Kier alpha value is -2.05. The van der Waals surface area contributed by atoms with E-state index in [-0.39, 0.29) is 25.0 Å². The third-order valence-corrected chi connectivity index (χ3v) is 4.86. The second-order valence-corrected chi connectivity index (χ2v) is 7.08. The molecule has 2 rings (SSSR count). The van der Waals surface area contributed by atoms with Gasteiger partial charge in [-0.3, -0.25) is 4.79 Å². The fourth-order valence-electron chi connectivity index (χ4n) is 1.99. The van der Waals surface area contributed by atoms with E-state index in [1.807, 2.05) is 13.8 Å². The van der Waals surface area contributed by atoms with Crippen molar-refractivity contribution in [3.63, 3.8) is 0 Å². The van der Waals surface area contributed by atoms with Crippen LogP contribution < -0.4 is 10.1 Å². The monoisotopic (exact) mass is 381 g/mol. The molecule has 0 saturated heterocycles. The van der Waals surface area contributed by atoms with Gasteiger partial charge in [-0.25, -0.2) is 4.79 Å². The predicted octanol–water partition coefficient (Wildman–Crippen LogP) is 4.72. The quantitative estimate of drug-likeness (QED) is 0.705. The van der Waals surface area contributed by atoms with Crippen LogP contribution in [0.15, 0.2) is 30.3 Å². The Morgan fingerprint density at radius 2 is 1.92 bits per heavy atom. The topological polar surface area (TPSA) is 64.6 Å². The van der Waals surface area contributed by atoms with Crippen molar-refractivity contribution in [1.29, 1.82) is 0 Å². The van der Waals surface area contributed by atoms with E-state index in [1.165, 1.54) is 11.3 Å². The van der Waals surface area contributed by atoms with Crippen LogP contribution in [-0.2, 0) is 9.53 Å². The molecule has 0 fully saturated rings. The molecule has 1 aromatic heterocycles. The molecule has 0 saturated carbocycles. The van der Waals surface area contributed by atoms with Crippen molar-refractivity contribution in [2.45, 2.75) is 26.7 Å². The first-order valence-corrected chi connectivity index (χ1v) is 9.09. The smallest absolute Gasteiger partial charge is 0.341 e. The molecule has 5 nitrogen and oxygen atoms in total. The maximum Gasteiger partial charge on any atom is 0.341 e. The van der Waals surface area contributed by atoms with Gasteiger partial charge < -0.3 is 14.8 Å². The number of thiophene rings is 1. The molecule has 0 atom stereocenters. The van der Waals surface area contributed by atoms with Crippen molar-refractivity contribution in [2.75, 3.05) is 18.5 Å². The summed E-state index contributed by atoms with van der Waals surface area (Å²) in [6, 6.07) is 8.50. The van der Waals surface area contributed by atoms with Crippen LogP contribution in [0.5, 0.6) is 5.75 Å². The summed E-state index contributed by atoms with van der Waals surface area (Å²) in [6.45, 7) is 5.90. The standard InChI is InChI=1S/C18H20ClNO4S/c1-4-23-18(22)14-9-15(11(2)3)25-17(14)20-16(21)10-24-13-7-5-12(19)6-8-13/h5-9,11H,4,10H2,1-3H3,(H,20,21). The van der Waals surface area contributed by atoms with E-state index in [1.54, 1.807) is 37.3 Å². The van der Waals surface area contributed by atoms with E-state index in [4.69, 9.17) is 21.1 Å². The van der Waals surface area contributed by atoms with Crippen LogP contribution in [0.25, 0.3) is 0 Å². The van der Waals surface area contributed by atoms with Crippen LogP contribution in [0.2, 0.25) is 5.02 Å². The Morgan fingerprint density at radius 3 is 2.52 bits per heavy atom. The van der Waals surface area contributed by atoms with E-state index >= 15 is 0 Å². The minimum atomic E-state index is -0.445. The summed E-state index contributed by atoms with van der Waals surface area (Å²) in [4.78, 5) is 25.2. The summed E-state index contributed by atoms with van der Waals surface area (Å²) < 4.78 is 10.5. The first kappa shape index (κ1) is 19.3. The fraction of sp³-hybridized carbons (Fsp3) is 0.333. The Bertz CT molecular complexity index is 740. The Balaban J connectivity index is 2.05. The highest BCUT2D eigenvalue weighted by molar-refractivity contribution is 7.16. The van der Waals surface area contributed by atoms with Gasteiger partial charge in [-0.2, -0.15) is 0 Å². The molecule has 134 valence electrons. The molecule has 0 aliphatic carbocycles. The molecule has 2 aromatic rings. The van der Waals surface area contributed by atoms with Gasteiger partial charge in [0.15, 0.2) is 6.61 Å². The fourth-order valence-corrected chi connectivity index (χ4v) is 3.18. The zero-order valence-electron chi connectivity index (χ0n) is 14.3. The number of halogens is 1. The molecule has 0 spiro atoms. The number of esters is 1. The van der Waals surface area contributed by atoms with Gasteiger partial charge in [0.2, 0.25) is 0 Å². The third-order valence-electron chi connectivity index (χ3n) is 3.25. The van der Waals surface area contributed by atoms with Gasteiger partial charge in [0.1, 0.15) is 10.8 Å². The highest BCUT2D eigenvalue weighted by Gasteiger charge is 2.20. The van der Waals surface area contributed by atoms with Crippen molar-refractivity contribution in [1.82, 2.24) is 0 Å². The molecule has 1 amide bonds. The molecule has 1 N–H and O–H groups in total. The lowest BCUT2D eigenvalue weighted by atomic mass is 10.1. The predicted molar refractivity (Wildman–Crippen MR) is 99.9 cm³/mol. The molecule has 0 aliphatic heterocycles. The zero-order chi connectivity index (χ0) is 18.4. The molecule has 25 heavy (non-hydrogen) atoms. The number of rotatable bonds is 7. The van der Waals surface area contributed by atoms with Gasteiger partial charge in [0, 0.05) is 9.90 Å². The Labute approximate surface area is 155 Å². The minimum absolute atomic E-state index is 0.168. The Kier molecular flexibility index (Phi) is 6.84. The molecule has 7 heteroatoms. The first-order chi connectivity index (χ1) is 11.9. The number of benzene rings is 1. The van der Waals surface area contributed by atoms with Crippen LogP contribution in [0.4, 0.5) is 5.00 Å². The number of amides is 1. The van der Waals surface area contributed by atoms with Crippen LogP contribution in [0.1, 0.15) is 41.9 Å². The van der Waals surface area contributed by atoms with Crippen LogP contribution in [0, 0.1) is 0 Å². The lowest BCUT2D eigenvalue weighted by Crippen LogP contribution is -2.21. The third kappa shape index (κ3) is 5.47. The Morgan fingerprint density at radius 1 is 1.24 bits per heavy atom. The zero-order valence-corrected chi connectivity index (χ0v) is 15.9. The summed E-state index contributed by atoms with van der Waals surface area (Å²) in [5.41, 5.74) is 0.371. The molecule has 0 aliphatic rings. The van der Waals surface area contributed by atoms with Crippen LogP contribution in [0.3, 0.4) is 0 Å². The lowest BCUT2D eigenvalue weighted by molar-refractivity contribution is -0.118. The normalized spacial score (nSPS) is 10.6. The first-order valence-electron chi connectivity index (χ1n) is 7.89. The van der Waals surface area contributed by atoms with Crippen molar-refractivity contribution in [3.8, 4) is 5.75 Å². The summed E-state index contributed by atoms with van der Waals surface area (Å²) in [5.74, 6) is -0.00872. The van der Waals surface area contributed by atoms with Crippen molar-refractivity contribution < 1.29 is 19.1 Å². The van der Waals surface area contributed by atoms with Crippen molar-refractivity contribution in [3.05, 3.63) is 45.8 Å². The van der Waals surface area contributed by atoms with E-state index in [2.05, 4.69) is 5.32 Å². The molecule has 0 unspecified atom stereocenters.